The molecular formula is C61H41NO. The second kappa shape index (κ2) is 15.1. The van der Waals surface area contributed by atoms with Gasteiger partial charge in [-0.05, 0) is 92.0 Å². The molecule has 2 nitrogen and oxygen atoms in total. The number of hydrogen-bond donors (Lipinski definition) is 0. The molecule has 0 fully saturated rings. The van der Waals surface area contributed by atoms with Crippen LogP contribution in [-0.4, -0.2) is 0 Å². The van der Waals surface area contributed by atoms with Crippen molar-refractivity contribution >= 4 is 39.0 Å². The zero-order valence-corrected chi connectivity index (χ0v) is 34.5. The van der Waals surface area contributed by atoms with Gasteiger partial charge in [0.1, 0.15) is 11.2 Å². The van der Waals surface area contributed by atoms with Gasteiger partial charge in [-0.2, -0.15) is 0 Å². The normalized spacial score (nSPS) is 12.6. The number of para-hydroxylation sites is 2. The first-order valence-electron chi connectivity index (χ1n) is 21.7. The number of nitrogens with zero attached hydrogens (tertiary/aromatic N) is 1. The van der Waals surface area contributed by atoms with Crippen LogP contribution in [0.4, 0.5) is 17.1 Å². The Morgan fingerprint density at radius 2 is 0.857 bits per heavy atom. The first-order chi connectivity index (χ1) is 31.3. The van der Waals surface area contributed by atoms with Crippen molar-refractivity contribution in [3.05, 3.63) is 271 Å². The molecule has 0 atom stereocenters. The van der Waals surface area contributed by atoms with E-state index >= 15 is 0 Å². The topological polar surface area (TPSA) is 16.4 Å². The molecule has 0 radical (unpaired) electrons. The smallest absolute Gasteiger partial charge is 0.143 e. The van der Waals surface area contributed by atoms with Gasteiger partial charge in [-0.15, -0.1) is 0 Å². The lowest BCUT2D eigenvalue weighted by molar-refractivity contribution is 0.670. The molecule has 10 aromatic carbocycles. The van der Waals surface area contributed by atoms with Crippen molar-refractivity contribution in [2.75, 3.05) is 4.90 Å². The number of benzene rings is 10. The monoisotopic (exact) mass is 803 g/mol. The highest BCUT2D eigenvalue weighted by Gasteiger charge is 2.46. The molecular weight excluding hydrogens is 763 g/mol. The first-order valence-corrected chi connectivity index (χ1v) is 21.7. The quantitative estimate of drug-likeness (QED) is 0.152. The molecule has 12 rings (SSSR count). The average molecular weight is 804 g/mol. The van der Waals surface area contributed by atoms with Crippen LogP contribution in [0.15, 0.2) is 253 Å². The fourth-order valence-electron chi connectivity index (χ4n) is 10.2. The van der Waals surface area contributed by atoms with Gasteiger partial charge in [0.15, 0.2) is 0 Å². The zero-order chi connectivity index (χ0) is 41.7. The standard InChI is InChI=1S/C61H41NO/c1-5-19-42(20-6-1)43-35-37-47(38-36-43)62(48-39-40-56-54(41-48)50-27-13-15-32-55(50)61(56,45-23-9-3-10-24-45)46-25-11-4-12-26-46)57-33-18-29-49(44-21-7-2-8-22-44)59(57)53-31-17-30-52-51-28-14-16-34-58(51)63-60(52)53/h1-41H. The van der Waals surface area contributed by atoms with Gasteiger partial charge in [0.05, 0.1) is 11.1 Å². The van der Waals surface area contributed by atoms with Gasteiger partial charge in [0, 0.05) is 33.3 Å². The lowest BCUT2D eigenvalue weighted by Crippen LogP contribution is -2.28. The number of rotatable bonds is 8. The molecule has 296 valence electrons. The number of anilines is 3. The lowest BCUT2D eigenvalue weighted by Gasteiger charge is -2.34. The Bertz CT molecular complexity index is 3390. The summed E-state index contributed by atoms with van der Waals surface area (Å²) in [6.45, 7) is 0. The van der Waals surface area contributed by atoms with E-state index in [0.29, 0.717) is 0 Å². The molecule has 1 aromatic heterocycles. The van der Waals surface area contributed by atoms with Gasteiger partial charge in [-0.1, -0.05) is 212 Å². The third-order valence-corrected chi connectivity index (χ3v) is 13.0. The summed E-state index contributed by atoms with van der Waals surface area (Å²) >= 11 is 0. The van der Waals surface area contributed by atoms with Crippen LogP contribution in [0.3, 0.4) is 0 Å². The SMILES string of the molecule is c1ccc(-c2ccc(N(c3ccc4c(c3)-c3ccccc3C4(c3ccccc3)c3ccccc3)c3cccc(-c4ccccc4)c3-c3cccc4c3oc3ccccc34)cc2)cc1. The van der Waals surface area contributed by atoms with Crippen LogP contribution < -0.4 is 4.90 Å². The minimum absolute atomic E-state index is 0.496. The first kappa shape index (κ1) is 36.6. The maximum absolute atomic E-state index is 6.83. The fourth-order valence-corrected chi connectivity index (χ4v) is 10.2. The third-order valence-electron chi connectivity index (χ3n) is 13.0. The molecule has 0 spiro atoms. The van der Waals surface area contributed by atoms with Crippen molar-refractivity contribution in [1.82, 2.24) is 0 Å². The van der Waals surface area contributed by atoms with Gasteiger partial charge < -0.3 is 9.32 Å². The van der Waals surface area contributed by atoms with Crippen molar-refractivity contribution in [3.8, 4) is 44.5 Å². The van der Waals surface area contributed by atoms with Crippen LogP contribution in [0.2, 0.25) is 0 Å². The van der Waals surface area contributed by atoms with E-state index in [-0.39, 0.29) is 0 Å². The maximum Gasteiger partial charge on any atom is 0.143 e. The fraction of sp³-hybridized carbons (Fsp3) is 0.0164. The Morgan fingerprint density at radius 1 is 0.333 bits per heavy atom. The molecule has 0 saturated carbocycles. The minimum atomic E-state index is -0.496. The van der Waals surface area contributed by atoms with Gasteiger partial charge in [0.2, 0.25) is 0 Å². The Morgan fingerprint density at radius 3 is 1.59 bits per heavy atom. The third kappa shape index (κ3) is 5.87. The highest BCUT2D eigenvalue weighted by atomic mass is 16.3. The molecule has 11 aromatic rings. The molecule has 0 unspecified atom stereocenters. The zero-order valence-electron chi connectivity index (χ0n) is 34.5. The Kier molecular flexibility index (Phi) is 8.76. The maximum atomic E-state index is 6.83. The highest BCUT2D eigenvalue weighted by molar-refractivity contribution is 6.12. The highest BCUT2D eigenvalue weighted by Crippen LogP contribution is 2.58. The van der Waals surface area contributed by atoms with Crippen molar-refractivity contribution < 1.29 is 4.42 Å². The van der Waals surface area contributed by atoms with Crippen molar-refractivity contribution in [2.24, 2.45) is 0 Å². The second-order valence-electron chi connectivity index (χ2n) is 16.4. The van der Waals surface area contributed by atoms with Crippen LogP contribution in [0.25, 0.3) is 66.4 Å². The summed E-state index contributed by atoms with van der Waals surface area (Å²) in [5, 5.41) is 2.21. The molecule has 0 amide bonds. The molecule has 1 heterocycles. The van der Waals surface area contributed by atoms with Crippen molar-refractivity contribution in [3.63, 3.8) is 0 Å². The predicted octanol–water partition coefficient (Wildman–Crippen LogP) is 16.4. The van der Waals surface area contributed by atoms with E-state index in [0.717, 1.165) is 61.3 Å². The molecule has 0 bridgehead atoms. The van der Waals surface area contributed by atoms with E-state index in [1.54, 1.807) is 0 Å². The van der Waals surface area contributed by atoms with E-state index in [4.69, 9.17) is 4.42 Å². The second-order valence-corrected chi connectivity index (χ2v) is 16.4. The summed E-state index contributed by atoms with van der Waals surface area (Å²) in [5.41, 5.74) is 18.7. The van der Waals surface area contributed by atoms with Gasteiger partial charge in [-0.3, -0.25) is 0 Å². The lowest BCUT2D eigenvalue weighted by atomic mass is 9.68. The minimum Gasteiger partial charge on any atom is -0.455 e. The van der Waals surface area contributed by atoms with E-state index in [1.165, 1.54) is 44.5 Å². The molecule has 63 heavy (non-hydrogen) atoms. The largest absolute Gasteiger partial charge is 0.455 e. The molecule has 2 heteroatoms. The summed E-state index contributed by atoms with van der Waals surface area (Å²) in [4.78, 5) is 2.45. The van der Waals surface area contributed by atoms with E-state index < -0.39 is 5.41 Å². The number of furan rings is 1. The van der Waals surface area contributed by atoms with Gasteiger partial charge in [-0.25, -0.2) is 0 Å². The Hall–Kier alpha value is -8.20. The number of hydrogen-bond acceptors (Lipinski definition) is 2. The van der Waals surface area contributed by atoms with Gasteiger partial charge >= 0.3 is 0 Å². The summed E-state index contributed by atoms with van der Waals surface area (Å²) in [6, 6.07) is 90.2. The predicted molar refractivity (Wildman–Crippen MR) is 262 cm³/mol. The molecule has 1 aliphatic carbocycles. The Balaban J connectivity index is 1.15. The van der Waals surface area contributed by atoms with Gasteiger partial charge in [0.25, 0.3) is 0 Å². The van der Waals surface area contributed by atoms with Crippen LogP contribution in [0.5, 0.6) is 0 Å². The van der Waals surface area contributed by atoms with Crippen LogP contribution in [0, 0.1) is 0 Å². The number of fused-ring (bicyclic) bond motifs is 6. The van der Waals surface area contributed by atoms with Crippen LogP contribution in [-0.2, 0) is 5.41 Å². The van der Waals surface area contributed by atoms with Crippen molar-refractivity contribution in [1.29, 1.82) is 0 Å². The van der Waals surface area contributed by atoms with Crippen LogP contribution in [0.1, 0.15) is 22.3 Å². The van der Waals surface area contributed by atoms with Crippen LogP contribution >= 0.6 is 0 Å². The molecule has 0 aliphatic heterocycles. The summed E-state index contributed by atoms with van der Waals surface area (Å²) in [6.07, 6.45) is 0. The summed E-state index contributed by atoms with van der Waals surface area (Å²) < 4.78 is 6.83. The van der Waals surface area contributed by atoms with E-state index in [1.807, 2.05) is 6.07 Å². The van der Waals surface area contributed by atoms with Crippen molar-refractivity contribution in [2.45, 2.75) is 5.41 Å². The van der Waals surface area contributed by atoms with E-state index in [9.17, 15) is 0 Å². The van der Waals surface area contributed by atoms with E-state index in [2.05, 4.69) is 248 Å². The molecule has 0 saturated heterocycles. The summed E-state index contributed by atoms with van der Waals surface area (Å²) in [7, 11) is 0. The Labute approximate surface area is 367 Å². The average Bonchev–Trinajstić information content (AvgIpc) is 3.89. The molecule has 0 N–H and O–H groups in total. The molecule has 1 aliphatic rings. The summed E-state index contributed by atoms with van der Waals surface area (Å²) in [5.74, 6) is 0.